The van der Waals surface area contributed by atoms with Gasteiger partial charge in [0.15, 0.2) is 6.29 Å². The van der Waals surface area contributed by atoms with Gasteiger partial charge in [-0.2, -0.15) is 0 Å². The Morgan fingerprint density at radius 3 is 2.35 bits per heavy atom. The number of hydrogen-bond donors (Lipinski definition) is 4. The number of hydrogen-bond acceptors (Lipinski definition) is 7. The van der Waals surface area contributed by atoms with Gasteiger partial charge >= 0.3 is 0 Å². The summed E-state index contributed by atoms with van der Waals surface area (Å²) in [5.41, 5.74) is 0. The SMILES string of the molecule is CCOC1O[C@H](CO)[C@@H](O)[C@H](O)[C@H]1OCCO. The molecule has 0 spiro atoms. The van der Waals surface area contributed by atoms with Crippen molar-refractivity contribution in [2.45, 2.75) is 37.6 Å². The van der Waals surface area contributed by atoms with Gasteiger partial charge in [0.25, 0.3) is 0 Å². The van der Waals surface area contributed by atoms with E-state index in [9.17, 15) is 10.2 Å². The molecule has 7 nitrogen and oxygen atoms in total. The molecule has 1 aliphatic heterocycles. The Bertz CT molecular complexity index is 213. The maximum Gasteiger partial charge on any atom is 0.186 e. The van der Waals surface area contributed by atoms with E-state index in [1.54, 1.807) is 6.92 Å². The first kappa shape index (κ1) is 14.8. The molecule has 0 aromatic carbocycles. The van der Waals surface area contributed by atoms with E-state index in [1.807, 2.05) is 0 Å². The molecule has 0 aromatic rings. The summed E-state index contributed by atoms with van der Waals surface area (Å²) < 4.78 is 15.7. The second-order valence-electron chi connectivity index (χ2n) is 3.72. The normalized spacial score (nSPS) is 38.3. The third kappa shape index (κ3) is 3.59. The zero-order valence-electron chi connectivity index (χ0n) is 9.73. The molecular weight excluding hydrogens is 232 g/mol. The Labute approximate surface area is 99.5 Å². The first-order chi connectivity index (χ1) is 8.15. The molecule has 4 N–H and O–H groups in total. The van der Waals surface area contributed by atoms with Crippen molar-refractivity contribution in [1.29, 1.82) is 0 Å². The molecule has 7 heteroatoms. The number of rotatable bonds is 6. The van der Waals surface area contributed by atoms with Crippen LogP contribution in [0.2, 0.25) is 0 Å². The van der Waals surface area contributed by atoms with E-state index in [0.717, 1.165) is 0 Å². The molecule has 0 bridgehead atoms. The minimum absolute atomic E-state index is 0.00513. The van der Waals surface area contributed by atoms with Crippen LogP contribution in [-0.2, 0) is 14.2 Å². The third-order valence-corrected chi connectivity index (χ3v) is 2.56. The van der Waals surface area contributed by atoms with Crippen molar-refractivity contribution < 1.29 is 34.6 Å². The fraction of sp³-hybridized carbons (Fsp3) is 1.00. The van der Waals surface area contributed by atoms with Gasteiger partial charge in [-0.05, 0) is 6.92 Å². The summed E-state index contributed by atoms with van der Waals surface area (Å²) in [6, 6.07) is 0. The maximum atomic E-state index is 9.83. The van der Waals surface area contributed by atoms with Crippen LogP contribution in [0, 0.1) is 0 Å². The first-order valence-corrected chi connectivity index (χ1v) is 5.62. The fourth-order valence-electron chi connectivity index (χ4n) is 1.72. The van der Waals surface area contributed by atoms with Gasteiger partial charge < -0.3 is 34.6 Å². The molecule has 1 unspecified atom stereocenters. The zero-order valence-corrected chi connectivity index (χ0v) is 9.73. The molecule has 0 aliphatic carbocycles. The summed E-state index contributed by atoms with van der Waals surface area (Å²) in [7, 11) is 0. The van der Waals surface area contributed by atoms with Gasteiger partial charge in [0.05, 0.1) is 19.8 Å². The van der Waals surface area contributed by atoms with Gasteiger partial charge in [-0.3, -0.25) is 0 Å². The predicted molar refractivity (Wildman–Crippen MR) is 56.2 cm³/mol. The molecule has 102 valence electrons. The molecule has 0 amide bonds. The van der Waals surface area contributed by atoms with E-state index in [1.165, 1.54) is 0 Å². The molecule has 1 rings (SSSR count). The van der Waals surface area contributed by atoms with Crippen LogP contribution in [0.3, 0.4) is 0 Å². The molecule has 0 radical (unpaired) electrons. The van der Waals surface area contributed by atoms with Crippen LogP contribution in [0.5, 0.6) is 0 Å². The van der Waals surface area contributed by atoms with Gasteiger partial charge in [0.2, 0.25) is 0 Å². The monoisotopic (exact) mass is 252 g/mol. The molecule has 1 saturated heterocycles. The van der Waals surface area contributed by atoms with Crippen LogP contribution in [0.15, 0.2) is 0 Å². The molecule has 17 heavy (non-hydrogen) atoms. The topological polar surface area (TPSA) is 109 Å². The summed E-state index contributed by atoms with van der Waals surface area (Å²) >= 11 is 0. The Morgan fingerprint density at radius 1 is 1.12 bits per heavy atom. The molecule has 0 saturated carbocycles. The van der Waals surface area contributed by atoms with Gasteiger partial charge in [0, 0.05) is 6.61 Å². The van der Waals surface area contributed by atoms with E-state index in [2.05, 4.69) is 0 Å². The molecule has 1 fully saturated rings. The van der Waals surface area contributed by atoms with E-state index in [4.69, 9.17) is 24.4 Å². The first-order valence-electron chi connectivity index (χ1n) is 5.62. The average Bonchev–Trinajstić information content (AvgIpc) is 2.33. The minimum atomic E-state index is -1.25. The zero-order chi connectivity index (χ0) is 12.8. The highest BCUT2D eigenvalue weighted by molar-refractivity contribution is 4.90. The summed E-state index contributed by atoms with van der Waals surface area (Å²) in [5, 5.41) is 37.2. The van der Waals surface area contributed by atoms with Gasteiger partial charge in [-0.15, -0.1) is 0 Å². The minimum Gasteiger partial charge on any atom is -0.394 e. The van der Waals surface area contributed by atoms with Gasteiger partial charge in [-0.1, -0.05) is 0 Å². The van der Waals surface area contributed by atoms with Crippen molar-refractivity contribution in [3.8, 4) is 0 Å². The van der Waals surface area contributed by atoms with E-state index >= 15 is 0 Å². The van der Waals surface area contributed by atoms with Crippen LogP contribution in [0.4, 0.5) is 0 Å². The smallest absolute Gasteiger partial charge is 0.186 e. The second-order valence-corrected chi connectivity index (χ2v) is 3.72. The van der Waals surface area contributed by atoms with E-state index in [-0.39, 0.29) is 13.2 Å². The standard InChI is InChI=1S/C10H20O7/c1-2-15-10-9(16-4-3-11)8(14)7(13)6(5-12)17-10/h6-14H,2-5H2,1H3/t6-,7-,8+,9-,10?/m1/s1. The van der Waals surface area contributed by atoms with Crippen molar-refractivity contribution >= 4 is 0 Å². The lowest BCUT2D eigenvalue weighted by Crippen LogP contribution is -2.60. The van der Waals surface area contributed by atoms with Crippen LogP contribution in [0.1, 0.15) is 6.92 Å². The predicted octanol–water partition coefficient (Wildman–Crippen LogP) is -2.16. The Balaban J connectivity index is 2.68. The molecule has 1 heterocycles. The highest BCUT2D eigenvalue weighted by Crippen LogP contribution is 2.24. The Hall–Kier alpha value is -0.280. The van der Waals surface area contributed by atoms with E-state index in [0.29, 0.717) is 6.61 Å². The van der Waals surface area contributed by atoms with Crippen molar-refractivity contribution in [2.75, 3.05) is 26.4 Å². The maximum absolute atomic E-state index is 9.83. The lowest BCUT2D eigenvalue weighted by Gasteiger charge is -2.41. The summed E-state index contributed by atoms with van der Waals surface area (Å²) in [6.45, 7) is 1.46. The van der Waals surface area contributed by atoms with Crippen LogP contribution < -0.4 is 0 Å². The van der Waals surface area contributed by atoms with Crippen molar-refractivity contribution in [1.82, 2.24) is 0 Å². The fourth-order valence-corrected chi connectivity index (χ4v) is 1.72. The molecular formula is C10H20O7. The van der Waals surface area contributed by atoms with Crippen LogP contribution >= 0.6 is 0 Å². The molecule has 1 aliphatic rings. The number of ether oxygens (including phenoxy) is 3. The second kappa shape index (κ2) is 7.22. The molecule has 5 atom stereocenters. The lowest BCUT2D eigenvalue weighted by molar-refractivity contribution is -0.309. The highest BCUT2D eigenvalue weighted by Gasteiger charge is 2.45. The summed E-state index contributed by atoms with van der Waals surface area (Å²) in [4.78, 5) is 0. The lowest BCUT2D eigenvalue weighted by atomic mass is 9.99. The van der Waals surface area contributed by atoms with Crippen molar-refractivity contribution in [3.05, 3.63) is 0 Å². The quantitative estimate of drug-likeness (QED) is 0.426. The van der Waals surface area contributed by atoms with Crippen molar-refractivity contribution in [2.24, 2.45) is 0 Å². The average molecular weight is 252 g/mol. The molecule has 0 aromatic heterocycles. The summed E-state index contributed by atoms with van der Waals surface area (Å²) in [5.74, 6) is 0. The third-order valence-electron chi connectivity index (χ3n) is 2.56. The number of aliphatic hydroxyl groups is 4. The number of aliphatic hydroxyl groups excluding tert-OH is 4. The van der Waals surface area contributed by atoms with Crippen LogP contribution in [-0.4, -0.2) is 77.6 Å². The Kier molecular flexibility index (Phi) is 6.28. The van der Waals surface area contributed by atoms with Gasteiger partial charge in [0.1, 0.15) is 24.4 Å². The highest BCUT2D eigenvalue weighted by atomic mass is 16.7. The Morgan fingerprint density at radius 2 is 1.82 bits per heavy atom. The largest absolute Gasteiger partial charge is 0.394 e. The summed E-state index contributed by atoms with van der Waals surface area (Å²) in [6.07, 6.45) is -5.15. The van der Waals surface area contributed by atoms with Gasteiger partial charge in [-0.25, -0.2) is 0 Å². The van der Waals surface area contributed by atoms with Crippen molar-refractivity contribution in [3.63, 3.8) is 0 Å². The van der Waals surface area contributed by atoms with E-state index < -0.39 is 37.3 Å². The van der Waals surface area contributed by atoms with Crippen LogP contribution in [0.25, 0.3) is 0 Å².